The summed E-state index contributed by atoms with van der Waals surface area (Å²) in [5.41, 5.74) is 8.57. The molecule has 0 bridgehead atoms. The molecule has 0 N–H and O–H groups in total. The largest absolute Gasteiger partial charge is 0.495 e. The fourth-order valence-electron chi connectivity index (χ4n) is 6.18. The molecule has 0 aromatic heterocycles. The van der Waals surface area contributed by atoms with E-state index in [1.54, 1.807) is 0 Å². The van der Waals surface area contributed by atoms with E-state index in [2.05, 4.69) is 113 Å². The van der Waals surface area contributed by atoms with Crippen LogP contribution < -0.4 is 10.4 Å². The lowest BCUT2D eigenvalue weighted by Gasteiger charge is -2.36. The van der Waals surface area contributed by atoms with Gasteiger partial charge in [0.15, 0.2) is 0 Å². The number of hydrogen-bond donors (Lipinski definition) is 1. The van der Waals surface area contributed by atoms with Crippen LogP contribution in [-0.2, 0) is 19.8 Å². The van der Waals surface area contributed by atoms with Gasteiger partial charge in [-0.2, -0.15) is 12.6 Å². The smallest absolute Gasteiger partial charge is 0.448 e. The lowest BCUT2D eigenvalue weighted by atomic mass is 9.74. The van der Waals surface area contributed by atoms with Crippen LogP contribution in [0.1, 0.15) is 55.9 Å². The van der Waals surface area contributed by atoms with E-state index in [4.69, 9.17) is 14.0 Å². The van der Waals surface area contributed by atoms with Gasteiger partial charge in [0, 0.05) is 43.5 Å². The predicted octanol–water partition coefficient (Wildman–Crippen LogP) is 5.80. The second kappa shape index (κ2) is 10.7. The van der Waals surface area contributed by atoms with Crippen molar-refractivity contribution in [2.45, 2.75) is 57.5 Å². The van der Waals surface area contributed by atoms with E-state index >= 15 is 0 Å². The molecule has 0 saturated carbocycles. The van der Waals surface area contributed by atoms with E-state index < -0.39 is 18.3 Å². The van der Waals surface area contributed by atoms with Crippen molar-refractivity contribution < 1.29 is 18.8 Å². The zero-order chi connectivity index (χ0) is 28.9. The minimum Gasteiger partial charge on any atom is -0.448 e. The average molecular weight is 571 g/mol. The maximum atomic E-state index is 13.2. The number of thiol groups is 1. The van der Waals surface area contributed by atoms with Crippen molar-refractivity contribution in [1.29, 1.82) is 0 Å². The summed E-state index contributed by atoms with van der Waals surface area (Å²) in [6.45, 7) is 13.4. The van der Waals surface area contributed by atoms with Gasteiger partial charge in [-0.25, -0.2) is 4.79 Å². The number of ether oxygens (including phenoxy) is 1. The van der Waals surface area contributed by atoms with Crippen LogP contribution in [-0.4, -0.2) is 62.1 Å². The molecule has 0 radical (unpaired) electrons. The summed E-state index contributed by atoms with van der Waals surface area (Å²) in [5.74, 6) is 0.694. The highest BCUT2D eigenvalue weighted by atomic mass is 32.1. The maximum absolute atomic E-state index is 13.2. The van der Waals surface area contributed by atoms with Gasteiger partial charge in [0.1, 0.15) is 6.61 Å². The number of rotatable bonds is 5. The highest BCUT2D eigenvalue weighted by Crippen LogP contribution is 2.44. The first-order valence-electron chi connectivity index (χ1n) is 14.5. The number of anilines is 1. The van der Waals surface area contributed by atoms with Crippen LogP contribution in [0.5, 0.6) is 0 Å². The van der Waals surface area contributed by atoms with Crippen LogP contribution >= 0.6 is 12.6 Å². The number of hydrogen-bond acceptors (Lipinski definition) is 6. The van der Waals surface area contributed by atoms with Gasteiger partial charge in [0.2, 0.25) is 0 Å². The van der Waals surface area contributed by atoms with Crippen molar-refractivity contribution in [3.63, 3.8) is 0 Å². The standard InChI is InChI=1S/C33H39BN2O4S/c1-22-23(21-41)18-24(19-30(22)34-39-32(2,3)33(4,5)40-34)35-14-16-36(17-15-35)31(37)38-20-29-27-12-8-6-10-25(27)26-11-7-9-13-28(26)29/h6-13,18-19,29,41H,14-17,20-21H2,1-5H3. The molecule has 214 valence electrons. The SMILES string of the molecule is Cc1c(CS)cc(N2CCN(C(=O)OCC3c4ccccc4-c4ccccc43)CC2)cc1B1OC(C)(C)C(C)(C)O1. The summed E-state index contributed by atoms with van der Waals surface area (Å²) in [4.78, 5) is 17.3. The Bertz CT molecular complexity index is 1410. The number of fused-ring (bicyclic) bond motifs is 3. The monoisotopic (exact) mass is 570 g/mol. The van der Waals surface area contributed by atoms with Crippen molar-refractivity contribution in [3.8, 4) is 11.1 Å². The Morgan fingerprint density at radius 1 is 0.927 bits per heavy atom. The maximum Gasteiger partial charge on any atom is 0.495 e. The van der Waals surface area contributed by atoms with Crippen LogP contribution in [0.4, 0.5) is 10.5 Å². The minimum absolute atomic E-state index is 0.0632. The molecule has 2 heterocycles. The Morgan fingerprint density at radius 2 is 1.49 bits per heavy atom. The summed E-state index contributed by atoms with van der Waals surface area (Å²) in [6, 6.07) is 21.2. The van der Waals surface area contributed by atoms with Gasteiger partial charge in [0.05, 0.1) is 11.2 Å². The summed E-state index contributed by atoms with van der Waals surface area (Å²) >= 11 is 4.62. The molecule has 1 aliphatic carbocycles. The Labute approximate surface area is 249 Å². The Morgan fingerprint density at radius 3 is 2.05 bits per heavy atom. The molecule has 3 aromatic rings. The van der Waals surface area contributed by atoms with Crippen LogP contribution in [0.2, 0.25) is 0 Å². The molecule has 41 heavy (non-hydrogen) atoms. The minimum atomic E-state index is -0.430. The number of carbonyl (C=O) groups is 1. The quantitative estimate of drug-likeness (QED) is 0.311. The topological polar surface area (TPSA) is 51.2 Å². The van der Waals surface area contributed by atoms with Crippen molar-refractivity contribution in [2.75, 3.05) is 37.7 Å². The van der Waals surface area contributed by atoms with Crippen molar-refractivity contribution in [2.24, 2.45) is 0 Å². The fourth-order valence-corrected chi connectivity index (χ4v) is 6.50. The molecule has 6 rings (SSSR count). The van der Waals surface area contributed by atoms with Crippen LogP contribution in [0, 0.1) is 6.92 Å². The average Bonchev–Trinajstić information content (AvgIpc) is 3.40. The fraction of sp³-hybridized carbons (Fsp3) is 0.424. The highest BCUT2D eigenvalue weighted by molar-refractivity contribution is 7.79. The van der Waals surface area contributed by atoms with E-state index in [0.29, 0.717) is 25.4 Å². The van der Waals surface area contributed by atoms with E-state index in [-0.39, 0.29) is 12.0 Å². The van der Waals surface area contributed by atoms with Crippen molar-refractivity contribution in [1.82, 2.24) is 4.90 Å². The first-order valence-corrected chi connectivity index (χ1v) is 15.2. The lowest BCUT2D eigenvalue weighted by molar-refractivity contribution is 0.00578. The summed E-state index contributed by atoms with van der Waals surface area (Å²) in [5, 5.41) is 0. The number of carbonyl (C=O) groups excluding carboxylic acids is 1. The third-order valence-electron chi connectivity index (χ3n) is 9.46. The molecule has 2 fully saturated rings. The van der Waals surface area contributed by atoms with Crippen LogP contribution in [0.15, 0.2) is 60.7 Å². The van der Waals surface area contributed by atoms with Gasteiger partial charge in [-0.05, 0) is 85.6 Å². The first-order chi connectivity index (χ1) is 19.6. The highest BCUT2D eigenvalue weighted by Gasteiger charge is 2.52. The van der Waals surface area contributed by atoms with Crippen LogP contribution in [0.25, 0.3) is 11.1 Å². The van der Waals surface area contributed by atoms with Crippen molar-refractivity contribution in [3.05, 3.63) is 82.9 Å². The third-order valence-corrected chi connectivity index (χ3v) is 9.80. The molecule has 0 atom stereocenters. The summed E-state index contributed by atoms with van der Waals surface area (Å²) in [6.07, 6.45) is -0.246. The van der Waals surface area contributed by atoms with E-state index in [9.17, 15) is 4.79 Å². The molecule has 2 saturated heterocycles. The lowest BCUT2D eigenvalue weighted by Crippen LogP contribution is -2.49. The molecule has 8 heteroatoms. The van der Waals surface area contributed by atoms with E-state index in [1.807, 2.05) is 4.90 Å². The van der Waals surface area contributed by atoms with Gasteiger partial charge in [-0.1, -0.05) is 48.5 Å². The molecule has 6 nitrogen and oxygen atoms in total. The van der Waals surface area contributed by atoms with E-state index in [1.165, 1.54) is 22.3 Å². The number of amides is 1. The van der Waals surface area contributed by atoms with Gasteiger partial charge >= 0.3 is 13.2 Å². The van der Waals surface area contributed by atoms with E-state index in [0.717, 1.165) is 35.4 Å². The van der Waals surface area contributed by atoms with Crippen LogP contribution in [0.3, 0.4) is 0 Å². The molecule has 3 aromatic carbocycles. The van der Waals surface area contributed by atoms with Crippen molar-refractivity contribution >= 4 is 37.0 Å². The van der Waals surface area contributed by atoms with Gasteiger partial charge in [-0.15, -0.1) is 0 Å². The third kappa shape index (κ3) is 5.04. The van der Waals surface area contributed by atoms with Gasteiger partial charge in [-0.3, -0.25) is 0 Å². The number of benzene rings is 3. The second-order valence-corrected chi connectivity index (χ2v) is 12.7. The first kappa shape index (κ1) is 28.2. The zero-order valence-corrected chi connectivity index (χ0v) is 25.5. The summed E-state index contributed by atoms with van der Waals surface area (Å²) in [7, 11) is -0.430. The molecule has 0 unspecified atom stereocenters. The van der Waals surface area contributed by atoms with Gasteiger partial charge in [0.25, 0.3) is 0 Å². The molecular weight excluding hydrogens is 531 g/mol. The molecule has 2 aliphatic heterocycles. The number of nitrogens with zero attached hydrogens (tertiary/aromatic N) is 2. The molecule has 1 amide bonds. The Kier molecular flexibility index (Phi) is 7.37. The molecular formula is C33H39BN2O4S. The molecule has 0 spiro atoms. The Hall–Kier alpha value is -2.94. The zero-order valence-electron chi connectivity index (χ0n) is 24.6. The molecule has 3 aliphatic rings. The predicted molar refractivity (Wildman–Crippen MR) is 168 cm³/mol. The summed E-state index contributed by atoms with van der Waals surface area (Å²) < 4.78 is 18.7. The van der Waals surface area contributed by atoms with Gasteiger partial charge < -0.3 is 23.8 Å². The normalized spacial score (nSPS) is 19.3. The Balaban J connectivity index is 1.12. The number of piperazine rings is 1. The second-order valence-electron chi connectivity index (χ2n) is 12.3.